The third-order valence-electron chi connectivity index (χ3n) is 11.2. The largest absolute Gasteiger partial charge is 0.498 e. The molecule has 8 rings (SSSR count). The van der Waals surface area contributed by atoms with Gasteiger partial charge in [0, 0.05) is 27.2 Å². The van der Waals surface area contributed by atoms with Crippen molar-refractivity contribution in [3.8, 4) is 11.1 Å². The summed E-state index contributed by atoms with van der Waals surface area (Å²) >= 11 is 0. The first kappa shape index (κ1) is 32.7. The molecular weight excluding hydrogens is 608 g/mol. The summed E-state index contributed by atoms with van der Waals surface area (Å²) in [4.78, 5) is 0. The molecule has 2 aliphatic rings. The molecule has 2 heterocycles. The Labute approximate surface area is 299 Å². The average molecular weight is 644 g/mol. The molecule has 3 nitrogen and oxygen atoms in total. The minimum absolute atomic E-state index is 0.426. The predicted molar refractivity (Wildman–Crippen MR) is 209 cm³/mol. The summed E-state index contributed by atoms with van der Waals surface area (Å²) in [6.07, 6.45) is 0.649. The van der Waals surface area contributed by atoms with Gasteiger partial charge in [0.15, 0.2) is 0 Å². The van der Waals surface area contributed by atoms with E-state index in [9.17, 15) is 0 Å². The summed E-state index contributed by atoms with van der Waals surface area (Å²) in [6.45, 7) is 10.1. The predicted octanol–water partition coefficient (Wildman–Crippen LogP) is 8.74. The van der Waals surface area contributed by atoms with E-state index in [0.29, 0.717) is 22.8 Å². The van der Waals surface area contributed by atoms with Crippen molar-refractivity contribution in [2.45, 2.75) is 57.7 Å². The molecule has 50 heavy (non-hydrogen) atoms. The Morgan fingerprint density at radius 1 is 0.620 bits per heavy atom. The SMILES string of the molecule is [B]/C(C)=C([B])/C([B])=C1\CC(c2ccccc2)(c2ccc(-c3cccc4c3oc3c(B5OC(C)(C)C(C)(C)O5)cccc34)cc2)c2ccccc21. The summed E-state index contributed by atoms with van der Waals surface area (Å²) in [6, 6.07) is 40.5. The van der Waals surface area contributed by atoms with Crippen molar-refractivity contribution >= 4 is 63.6 Å². The van der Waals surface area contributed by atoms with Gasteiger partial charge >= 0.3 is 7.12 Å². The van der Waals surface area contributed by atoms with Crippen molar-refractivity contribution in [1.82, 2.24) is 0 Å². The number of furan rings is 1. The molecule has 1 aromatic heterocycles. The van der Waals surface area contributed by atoms with Crippen LogP contribution in [0.25, 0.3) is 38.6 Å². The van der Waals surface area contributed by atoms with Gasteiger partial charge in [-0.1, -0.05) is 122 Å². The zero-order chi connectivity index (χ0) is 35.0. The Morgan fingerprint density at radius 3 is 1.88 bits per heavy atom. The number of hydrogen-bond donors (Lipinski definition) is 0. The van der Waals surface area contributed by atoms with Gasteiger partial charge < -0.3 is 13.7 Å². The van der Waals surface area contributed by atoms with E-state index in [1.165, 1.54) is 11.1 Å². The first-order valence-corrected chi connectivity index (χ1v) is 17.2. The Kier molecular flexibility index (Phi) is 7.74. The second kappa shape index (κ2) is 11.8. The molecule has 0 spiro atoms. The van der Waals surface area contributed by atoms with Gasteiger partial charge in [-0.3, -0.25) is 0 Å². The molecule has 1 saturated heterocycles. The number of benzene rings is 5. The van der Waals surface area contributed by atoms with E-state index < -0.39 is 23.7 Å². The lowest BCUT2D eigenvalue weighted by Gasteiger charge is -2.32. The molecule has 1 fully saturated rings. The number of hydrogen-bond acceptors (Lipinski definition) is 3. The molecule has 1 aliphatic carbocycles. The fourth-order valence-corrected chi connectivity index (χ4v) is 7.75. The van der Waals surface area contributed by atoms with Gasteiger partial charge in [0.05, 0.1) is 11.2 Å². The maximum absolute atomic E-state index is 6.77. The summed E-state index contributed by atoms with van der Waals surface area (Å²) < 4.78 is 19.6. The van der Waals surface area contributed by atoms with Crippen molar-refractivity contribution in [1.29, 1.82) is 0 Å². The summed E-state index contributed by atoms with van der Waals surface area (Å²) in [7, 11) is 18.8. The Hall–Kier alpha value is -4.44. The first-order valence-electron chi connectivity index (χ1n) is 17.2. The normalized spacial score (nSPS) is 21.0. The van der Waals surface area contributed by atoms with E-state index in [1.807, 2.05) is 6.07 Å². The van der Waals surface area contributed by atoms with Crippen molar-refractivity contribution in [3.63, 3.8) is 0 Å². The second-order valence-electron chi connectivity index (χ2n) is 14.7. The number of para-hydroxylation sites is 2. The van der Waals surface area contributed by atoms with E-state index in [-0.39, 0.29) is 0 Å². The van der Waals surface area contributed by atoms with E-state index in [2.05, 4.69) is 137 Å². The highest BCUT2D eigenvalue weighted by Crippen LogP contribution is 2.55. The van der Waals surface area contributed by atoms with Crippen LogP contribution in [0.1, 0.15) is 63.3 Å². The van der Waals surface area contributed by atoms with Crippen LogP contribution >= 0.6 is 0 Å². The fourth-order valence-electron chi connectivity index (χ4n) is 7.75. The smallest absolute Gasteiger partial charge is 0.456 e. The van der Waals surface area contributed by atoms with Crippen molar-refractivity contribution in [3.05, 3.63) is 154 Å². The van der Waals surface area contributed by atoms with Crippen LogP contribution in [-0.4, -0.2) is 41.9 Å². The van der Waals surface area contributed by atoms with Crippen molar-refractivity contribution < 1.29 is 13.7 Å². The van der Waals surface area contributed by atoms with Gasteiger partial charge in [0.25, 0.3) is 0 Å². The minimum atomic E-state index is -0.525. The molecule has 6 aromatic rings. The summed E-state index contributed by atoms with van der Waals surface area (Å²) in [5.41, 5.74) is 10.3. The molecular formula is C43H36B4O3. The molecule has 7 heteroatoms. The van der Waals surface area contributed by atoms with Gasteiger partial charge in [-0.15, -0.1) is 16.4 Å². The lowest BCUT2D eigenvalue weighted by atomic mass is 9.67. The van der Waals surface area contributed by atoms with Crippen LogP contribution in [-0.2, 0) is 14.7 Å². The van der Waals surface area contributed by atoms with Crippen LogP contribution < -0.4 is 5.46 Å². The molecule has 1 atom stereocenters. The molecule has 238 valence electrons. The minimum Gasteiger partial charge on any atom is -0.456 e. The van der Waals surface area contributed by atoms with Crippen LogP contribution in [0.5, 0.6) is 0 Å². The van der Waals surface area contributed by atoms with Crippen molar-refractivity contribution in [2.24, 2.45) is 0 Å². The summed E-state index contributed by atoms with van der Waals surface area (Å²) in [5.74, 6) is 0. The van der Waals surface area contributed by atoms with Crippen LogP contribution in [0.3, 0.4) is 0 Å². The highest BCUT2D eigenvalue weighted by molar-refractivity contribution is 6.65. The molecule has 5 aromatic carbocycles. The lowest BCUT2D eigenvalue weighted by Crippen LogP contribution is -2.41. The molecule has 6 radical (unpaired) electrons. The Balaban J connectivity index is 1.26. The van der Waals surface area contributed by atoms with E-state index in [0.717, 1.165) is 55.2 Å². The van der Waals surface area contributed by atoms with Crippen LogP contribution in [0.2, 0.25) is 0 Å². The maximum atomic E-state index is 6.77. The highest BCUT2D eigenvalue weighted by Gasteiger charge is 2.52. The van der Waals surface area contributed by atoms with Crippen LogP contribution in [0.4, 0.5) is 0 Å². The van der Waals surface area contributed by atoms with Crippen molar-refractivity contribution in [2.75, 3.05) is 0 Å². The lowest BCUT2D eigenvalue weighted by molar-refractivity contribution is 0.00578. The molecule has 1 aliphatic heterocycles. The third-order valence-corrected chi connectivity index (χ3v) is 11.2. The maximum Gasteiger partial charge on any atom is 0.498 e. The second-order valence-corrected chi connectivity index (χ2v) is 14.7. The van der Waals surface area contributed by atoms with Gasteiger partial charge in [-0.25, -0.2) is 0 Å². The number of fused-ring (bicyclic) bond motifs is 4. The van der Waals surface area contributed by atoms with Gasteiger partial charge in [0.2, 0.25) is 0 Å². The van der Waals surface area contributed by atoms with E-state index in [1.54, 1.807) is 6.92 Å². The molecule has 0 bridgehead atoms. The average Bonchev–Trinajstić information content (AvgIpc) is 3.75. The quantitative estimate of drug-likeness (QED) is 0.176. The van der Waals surface area contributed by atoms with E-state index in [4.69, 9.17) is 37.3 Å². The molecule has 0 amide bonds. The monoisotopic (exact) mass is 644 g/mol. The Morgan fingerprint density at radius 2 is 1.20 bits per heavy atom. The zero-order valence-electron chi connectivity index (χ0n) is 29.2. The fraction of sp³-hybridized carbons (Fsp3) is 0.209. The van der Waals surface area contributed by atoms with Gasteiger partial charge in [0.1, 0.15) is 34.7 Å². The third kappa shape index (κ3) is 4.93. The topological polar surface area (TPSA) is 31.6 Å². The van der Waals surface area contributed by atoms with Gasteiger partial charge in [-0.2, -0.15) is 0 Å². The molecule has 0 N–H and O–H groups in total. The zero-order valence-corrected chi connectivity index (χ0v) is 29.2. The highest BCUT2D eigenvalue weighted by atomic mass is 16.7. The molecule has 1 unspecified atom stereocenters. The van der Waals surface area contributed by atoms with E-state index >= 15 is 0 Å². The number of allylic oxidation sites excluding steroid dienone is 4. The van der Waals surface area contributed by atoms with Crippen LogP contribution in [0.15, 0.2) is 136 Å². The first-order chi connectivity index (χ1) is 23.9. The van der Waals surface area contributed by atoms with Gasteiger partial charge in [-0.05, 0) is 67.5 Å². The van der Waals surface area contributed by atoms with Crippen LogP contribution in [0, 0.1) is 0 Å². The Bertz CT molecular complexity index is 2330. The molecule has 0 saturated carbocycles. The summed E-state index contributed by atoms with van der Waals surface area (Å²) in [5, 5.41) is 2.09. The number of rotatable bonds is 5. The standard InChI is InChI=1S/C43H36B4O3/c1-26(44)37(45)38(46)34-25-43(28-13-7-6-8-14-28,35-19-10-9-15-31(34)35)29-23-21-27(22-24-29)30-16-11-17-32-33-18-12-20-36(40(33)48-39(30)32)47-49-41(2,3)42(4,5)50-47/h6-24H,25H2,1-5H3/b37-26-,38-34-.